The summed E-state index contributed by atoms with van der Waals surface area (Å²) in [4.78, 5) is 56.8. The van der Waals surface area contributed by atoms with E-state index in [4.69, 9.17) is 16.6 Å². The van der Waals surface area contributed by atoms with Crippen LogP contribution in [0.4, 0.5) is 5.69 Å². The molecule has 2 aromatic carbocycles. The minimum atomic E-state index is -0.976. The van der Waals surface area contributed by atoms with Crippen LogP contribution < -0.4 is 21.5 Å². The number of carbonyl (C=O) groups excluding carboxylic acids is 3. The third kappa shape index (κ3) is 8.29. The zero-order valence-corrected chi connectivity index (χ0v) is 31.8. The first-order valence-corrected chi connectivity index (χ1v) is 18.2. The molecule has 3 aromatic heterocycles. The fraction of sp³-hybridized carbons (Fsp3) is 0.351. The van der Waals surface area contributed by atoms with Crippen molar-refractivity contribution >= 4 is 62.8 Å². The quantitative estimate of drug-likeness (QED) is 0.107. The van der Waals surface area contributed by atoms with Gasteiger partial charge >= 0.3 is 0 Å². The second kappa shape index (κ2) is 16.4. The highest BCUT2D eigenvalue weighted by Gasteiger charge is 2.24. The summed E-state index contributed by atoms with van der Waals surface area (Å²) in [5.74, 6) is 0.349. The minimum absolute atomic E-state index is 0.146. The Morgan fingerprint density at radius 1 is 0.942 bits per heavy atom. The zero-order chi connectivity index (χ0) is 37.7. The number of fused-ring (bicyclic) bond motifs is 1. The molecule has 5 rings (SSSR count). The van der Waals surface area contributed by atoms with E-state index in [1.54, 1.807) is 30.4 Å². The Balaban J connectivity index is 1.28. The lowest BCUT2D eigenvalue weighted by Crippen LogP contribution is -2.39. The molecule has 2 atom stereocenters. The summed E-state index contributed by atoms with van der Waals surface area (Å²) in [6, 6.07) is 11.4. The number of hydrogen-bond acceptors (Lipinski definition) is 10. The SMILES string of the molecule is CCC(=O)NC(=O)C(C)n1ncc2c(NCCNC(=O)CC(C)N=C(c3ccc(Cl)cc3)c3c(-n4c(C)nnc4C)sc(C)c3C)cccc2c1=O. The van der Waals surface area contributed by atoms with E-state index in [1.807, 2.05) is 55.7 Å². The Morgan fingerprint density at radius 3 is 2.31 bits per heavy atom. The number of thiophene rings is 1. The average molecular weight is 744 g/mol. The maximum Gasteiger partial charge on any atom is 0.275 e. The first kappa shape index (κ1) is 38.0. The third-order valence-corrected chi connectivity index (χ3v) is 10.1. The molecule has 0 aliphatic rings. The lowest BCUT2D eigenvalue weighted by atomic mass is 9.99. The van der Waals surface area contributed by atoms with Crippen molar-refractivity contribution in [3.8, 4) is 5.00 Å². The van der Waals surface area contributed by atoms with Gasteiger partial charge in [-0.2, -0.15) is 5.10 Å². The number of nitrogens with zero attached hydrogens (tertiary/aromatic N) is 6. The molecule has 0 spiro atoms. The predicted molar refractivity (Wildman–Crippen MR) is 205 cm³/mol. The van der Waals surface area contributed by atoms with E-state index in [0.29, 0.717) is 34.6 Å². The van der Waals surface area contributed by atoms with Gasteiger partial charge in [-0.05, 0) is 71.4 Å². The highest BCUT2D eigenvalue weighted by Crippen LogP contribution is 2.35. The maximum absolute atomic E-state index is 13.2. The normalized spacial score (nSPS) is 12.8. The maximum atomic E-state index is 13.2. The topological polar surface area (TPSA) is 165 Å². The van der Waals surface area contributed by atoms with Crippen LogP contribution in [0.25, 0.3) is 15.8 Å². The summed E-state index contributed by atoms with van der Waals surface area (Å²) in [5, 5.41) is 23.8. The summed E-state index contributed by atoms with van der Waals surface area (Å²) >= 11 is 7.90. The summed E-state index contributed by atoms with van der Waals surface area (Å²) in [6.07, 6.45) is 1.81. The molecule has 3 amide bonds. The van der Waals surface area contributed by atoms with Crippen LogP contribution in [0, 0.1) is 27.7 Å². The summed E-state index contributed by atoms with van der Waals surface area (Å²) < 4.78 is 3.10. The molecule has 13 nitrogen and oxygen atoms in total. The molecule has 0 bridgehead atoms. The highest BCUT2D eigenvalue weighted by molar-refractivity contribution is 7.15. The van der Waals surface area contributed by atoms with Crippen LogP contribution in [0.3, 0.4) is 0 Å². The molecule has 0 fully saturated rings. The number of aryl methyl sites for hydroxylation is 3. The van der Waals surface area contributed by atoms with Crippen molar-refractivity contribution in [2.24, 2.45) is 4.99 Å². The van der Waals surface area contributed by atoms with Crippen molar-refractivity contribution in [3.63, 3.8) is 0 Å². The fourth-order valence-corrected chi connectivity index (χ4v) is 7.14. The second-order valence-corrected chi connectivity index (χ2v) is 14.2. The van der Waals surface area contributed by atoms with Gasteiger partial charge in [0.2, 0.25) is 11.8 Å². The molecular formula is C37H42ClN9O4S. The van der Waals surface area contributed by atoms with Crippen LogP contribution in [-0.2, 0) is 14.4 Å². The monoisotopic (exact) mass is 743 g/mol. The number of amides is 3. The molecule has 3 heterocycles. The van der Waals surface area contributed by atoms with Crippen LogP contribution in [0.2, 0.25) is 5.02 Å². The number of carbonyl (C=O) groups is 3. The number of anilines is 1. The van der Waals surface area contributed by atoms with Crippen molar-refractivity contribution in [1.29, 1.82) is 0 Å². The van der Waals surface area contributed by atoms with Crippen LogP contribution in [0.5, 0.6) is 0 Å². The Bertz CT molecular complexity index is 2200. The third-order valence-electron chi connectivity index (χ3n) is 8.69. The van der Waals surface area contributed by atoms with E-state index >= 15 is 0 Å². The molecule has 0 aliphatic heterocycles. The van der Waals surface area contributed by atoms with E-state index in [-0.39, 0.29) is 24.8 Å². The Labute approximate surface area is 310 Å². The molecule has 0 saturated carbocycles. The van der Waals surface area contributed by atoms with Crippen molar-refractivity contribution in [3.05, 3.63) is 97.3 Å². The molecule has 52 heavy (non-hydrogen) atoms. The Hall–Kier alpha value is -5.21. The highest BCUT2D eigenvalue weighted by atomic mass is 35.5. The molecular weight excluding hydrogens is 702 g/mol. The Morgan fingerprint density at radius 2 is 1.63 bits per heavy atom. The van der Waals surface area contributed by atoms with Gasteiger partial charge in [-0.1, -0.05) is 36.7 Å². The molecule has 272 valence electrons. The van der Waals surface area contributed by atoms with Gasteiger partial charge in [0, 0.05) is 58.0 Å². The van der Waals surface area contributed by atoms with E-state index in [9.17, 15) is 19.2 Å². The van der Waals surface area contributed by atoms with Gasteiger partial charge in [-0.25, -0.2) is 4.68 Å². The predicted octanol–water partition coefficient (Wildman–Crippen LogP) is 5.38. The number of halogens is 1. The van der Waals surface area contributed by atoms with Gasteiger partial charge in [0.1, 0.15) is 22.7 Å². The largest absolute Gasteiger partial charge is 0.383 e. The number of nitrogens with one attached hydrogen (secondary N) is 3. The summed E-state index contributed by atoms with van der Waals surface area (Å²) in [7, 11) is 0. The van der Waals surface area contributed by atoms with Gasteiger partial charge in [0.05, 0.1) is 23.3 Å². The summed E-state index contributed by atoms with van der Waals surface area (Å²) in [6.45, 7) is 13.8. The van der Waals surface area contributed by atoms with E-state index in [1.165, 1.54) is 13.1 Å². The molecule has 2 unspecified atom stereocenters. The second-order valence-electron chi connectivity index (χ2n) is 12.5. The van der Waals surface area contributed by atoms with E-state index in [2.05, 4.69) is 45.1 Å². The number of aromatic nitrogens is 5. The van der Waals surface area contributed by atoms with Crippen LogP contribution in [0.15, 0.2) is 58.4 Å². The first-order valence-electron chi connectivity index (χ1n) is 17.0. The van der Waals surface area contributed by atoms with Gasteiger partial charge in [-0.3, -0.25) is 34.1 Å². The van der Waals surface area contributed by atoms with Crippen molar-refractivity contribution < 1.29 is 14.4 Å². The standard InChI is InChI=1S/C37H42ClN9O4S/c1-8-31(48)43-35(50)22(4)47-36(51)28-10-9-11-30(29(28)19-41-47)39-16-17-40-32(49)18-20(2)42-34(26-12-14-27(38)15-13-26)33-21(3)23(5)52-37(33)46-24(6)44-45-25(46)7/h9-15,19-20,22,39H,8,16-18H2,1-7H3,(H,40,49)(H,43,48,50). The fourth-order valence-electron chi connectivity index (χ4n) is 5.76. The van der Waals surface area contributed by atoms with Gasteiger partial charge < -0.3 is 10.6 Å². The minimum Gasteiger partial charge on any atom is -0.383 e. The molecule has 0 aliphatic carbocycles. The van der Waals surface area contributed by atoms with Crippen molar-refractivity contribution in [2.45, 2.75) is 73.4 Å². The smallest absolute Gasteiger partial charge is 0.275 e. The molecule has 3 N–H and O–H groups in total. The molecule has 0 saturated heterocycles. The molecule has 5 aromatic rings. The average Bonchev–Trinajstić information content (AvgIpc) is 3.60. The number of imide groups is 1. The number of rotatable bonds is 13. The van der Waals surface area contributed by atoms with Crippen LogP contribution in [-0.4, -0.2) is 67.1 Å². The Kier molecular flexibility index (Phi) is 12.0. The van der Waals surface area contributed by atoms with E-state index < -0.39 is 23.4 Å². The van der Waals surface area contributed by atoms with Crippen LogP contribution >= 0.6 is 22.9 Å². The lowest BCUT2D eigenvalue weighted by molar-refractivity contribution is -0.132. The molecule has 0 radical (unpaired) electrons. The number of benzene rings is 2. The lowest BCUT2D eigenvalue weighted by Gasteiger charge is -2.16. The molecule has 15 heteroatoms. The first-order chi connectivity index (χ1) is 24.8. The van der Waals surface area contributed by atoms with Gasteiger partial charge in [0.25, 0.3) is 11.5 Å². The van der Waals surface area contributed by atoms with Crippen molar-refractivity contribution in [2.75, 3.05) is 18.4 Å². The van der Waals surface area contributed by atoms with Crippen molar-refractivity contribution in [1.82, 2.24) is 35.2 Å². The van der Waals surface area contributed by atoms with E-state index in [0.717, 1.165) is 48.6 Å². The van der Waals surface area contributed by atoms with Gasteiger partial charge in [-0.15, -0.1) is 21.5 Å². The zero-order valence-electron chi connectivity index (χ0n) is 30.2. The van der Waals surface area contributed by atoms with Crippen LogP contribution in [0.1, 0.15) is 72.9 Å². The number of aliphatic imine (C=N–C) groups is 1. The number of hydrogen-bond donors (Lipinski definition) is 3. The summed E-state index contributed by atoms with van der Waals surface area (Å²) in [5.41, 5.74) is 3.90. The van der Waals surface area contributed by atoms with Gasteiger partial charge in [0.15, 0.2) is 0 Å².